The molecular formula is C26H31N3O6S2. The van der Waals surface area contributed by atoms with Crippen LogP contribution in [0.1, 0.15) is 25.0 Å². The second-order valence-electron chi connectivity index (χ2n) is 8.60. The monoisotopic (exact) mass is 545 g/mol. The van der Waals surface area contributed by atoms with Crippen LogP contribution in [0.5, 0.6) is 5.75 Å². The standard InChI is InChI=1S/C26H31N3O6S2/c1-6-35-23-13-9-22(10-14-23)28-37(33,34)24-15-11-21(12-16-24)27-26(30)20(4)29(36(5,31)32)25-17-18(2)7-8-19(25)3/h7-17,20,28H,6H2,1-5H3,(H,27,30)/t20-/m0/s1. The van der Waals surface area contributed by atoms with Gasteiger partial charge < -0.3 is 10.1 Å². The minimum Gasteiger partial charge on any atom is -0.494 e. The van der Waals surface area contributed by atoms with Crippen molar-refractivity contribution in [2.24, 2.45) is 0 Å². The fourth-order valence-corrected chi connectivity index (χ4v) is 5.98. The number of ether oxygens (including phenoxy) is 1. The van der Waals surface area contributed by atoms with Gasteiger partial charge in [-0.05, 0) is 93.4 Å². The van der Waals surface area contributed by atoms with Crippen molar-refractivity contribution in [3.63, 3.8) is 0 Å². The van der Waals surface area contributed by atoms with Crippen LogP contribution in [-0.4, -0.2) is 41.6 Å². The maximum Gasteiger partial charge on any atom is 0.261 e. The van der Waals surface area contributed by atoms with Gasteiger partial charge in [-0.25, -0.2) is 16.8 Å². The van der Waals surface area contributed by atoms with Crippen molar-refractivity contribution in [2.45, 2.75) is 38.6 Å². The van der Waals surface area contributed by atoms with Gasteiger partial charge >= 0.3 is 0 Å². The van der Waals surface area contributed by atoms with Crippen LogP contribution in [0.3, 0.4) is 0 Å². The summed E-state index contributed by atoms with van der Waals surface area (Å²) in [6.07, 6.45) is 1.05. The molecule has 3 aromatic rings. The summed E-state index contributed by atoms with van der Waals surface area (Å²) in [5.74, 6) is 0.0706. The van der Waals surface area contributed by atoms with Gasteiger partial charge in [0.25, 0.3) is 10.0 Å². The summed E-state index contributed by atoms with van der Waals surface area (Å²) in [5.41, 5.74) is 2.70. The quantitative estimate of drug-likeness (QED) is 0.392. The van der Waals surface area contributed by atoms with Crippen molar-refractivity contribution < 1.29 is 26.4 Å². The summed E-state index contributed by atoms with van der Waals surface area (Å²) in [5, 5.41) is 2.67. The molecule has 198 valence electrons. The number of carbonyl (C=O) groups is 1. The molecule has 0 saturated heterocycles. The van der Waals surface area contributed by atoms with Crippen LogP contribution in [0.4, 0.5) is 17.1 Å². The molecule has 3 rings (SSSR count). The van der Waals surface area contributed by atoms with Crippen LogP contribution in [0.15, 0.2) is 71.6 Å². The third-order valence-corrected chi connectivity index (χ3v) is 8.16. The molecule has 0 aliphatic heterocycles. The third kappa shape index (κ3) is 7.01. The molecule has 11 heteroatoms. The van der Waals surface area contributed by atoms with E-state index in [1.165, 1.54) is 31.2 Å². The van der Waals surface area contributed by atoms with Crippen LogP contribution >= 0.6 is 0 Å². The molecular weight excluding hydrogens is 514 g/mol. The number of sulfonamides is 2. The predicted molar refractivity (Wildman–Crippen MR) is 146 cm³/mol. The van der Waals surface area contributed by atoms with Gasteiger partial charge in [0.1, 0.15) is 11.8 Å². The second kappa shape index (κ2) is 11.2. The highest BCUT2D eigenvalue weighted by Crippen LogP contribution is 2.27. The Morgan fingerprint density at radius 3 is 2.08 bits per heavy atom. The second-order valence-corrected chi connectivity index (χ2v) is 12.1. The van der Waals surface area contributed by atoms with Crippen molar-refractivity contribution in [1.29, 1.82) is 0 Å². The lowest BCUT2D eigenvalue weighted by Gasteiger charge is -2.29. The van der Waals surface area contributed by atoms with Gasteiger partial charge in [-0.2, -0.15) is 0 Å². The SMILES string of the molecule is CCOc1ccc(NS(=O)(=O)c2ccc(NC(=O)[C@H](C)N(c3cc(C)ccc3C)S(C)(=O)=O)cc2)cc1. The van der Waals surface area contributed by atoms with E-state index in [1.807, 2.05) is 19.9 Å². The Labute approximate surface area is 218 Å². The lowest BCUT2D eigenvalue weighted by atomic mass is 10.1. The summed E-state index contributed by atoms with van der Waals surface area (Å²) in [6, 6.07) is 16.5. The molecule has 0 aliphatic carbocycles. The van der Waals surface area contributed by atoms with Crippen LogP contribution in [0.25, 0.3) is 0 Å². The number of hydrogen-bond donors (Lipinski definition) is 2. The zero-order valence-corrected chi connectivity index (χ0v) is 23.0. The van der Waals surface area contributed by atoms with Gasteiger partial charge in [0, 0.05) is 11.4 Å². The molecule has 2 N–H and O–H groups in total. The van der Waals surface area contributed by atoms with Crippen molar-refractivity contribution in [3.8, 4) is 5.75 Å². The smallest absolute Gasteiger partial charge is 0.261 e. The Hall–Kier alpha value is -3.57. The minimum atomic E-state index is -3.87. The van der Waals surface area contributed by atoms with E-state index in [2.05, 4.69) is 10.0 Å². The molecule has 0 spiro atoms. The Kier molecular flexibility index (Phi) is 8.49. The zero-order chi connectivity index (χ0) is 27.4. The number of aryl methyl sites for hydroxylation is 2. The average Bonchev–Trinajstić information content (AvgIpc) is 2.82. The van der Waals surface area contributed by atoms with Crippen molar-refractivity contribution in [1.82, 2.24) is 0 Å². The van der Waals surface area contributed by atoms with E-state index in [0.717, 1.165) is 16.1 Å². The van der Waals surface area contributed by atoms with Crippen LogP contribution in [0.2, 0.25) is 0 Å². The van der Waals surface area contributed by atoms with E-state index in [0.29, 0.717) is 35.0 Å². The van der Waals surface area contributed by atoms with Gasteiger partial charge in [0.2, 0.25) is 15.9 Å². The number of carbonyl (C=O) groups excluding carboxylic acids is 1. The summed E-state index contributed by atoms with van der Waals surface area (Å²) >= 11 is 0. The normalized spacial score (nSPS) is 12.5. The predicted octanol–water partition coefficient (Wildman–Crippen LogP) is 4.30. The first-order valence-electron chi connectivity index (χ1n) is 11.5. The molecule has 0 bridgehead atoms. The molecule has 1 atom stereocenters. The average molecular weight is 546 g/mol. The highest BCUT2D eigenvalue weighted by atomic mass is 32.2. The van der Waals surface area contributed by atoms with Gasteiger partial charge in [-0.1, -0.05) is 12.1 Å². The highest BCUT2D eigenvalue weighted by molar-refractivity contribution is 7.92. The maximum atomic E-state index is 13.0. The first-order valence-corrected chi connectivity index (χ1v) is 14.9. The summed E-state index contributed by atoms with van der Waals surface area (Å²) in [7, 11) is -7.65. The number of nitrogens with one attached hydrogen (secondary N) is 2. The largest absolute Gasteiger partial charge is 0.494 e. The molecule has 0 saturated carbocycles. The highest BCUT2D eigenvalue weighted by Gasteiger charge is 2.30. The number of benzene rings is 3. The lowest BCUT2D eigenvalue weighted by Crippen LogP contribution is -2.45. The fraction of sp³-hybridized carbons (Fsp3) is 0.269. The number of hydrogen-bond acceptors (Lipinski definition) is 6. The first kappa shape index (κ1) is 28.0. The number of amides is 1. The van der Waals surface area contributed by atoms with E-state index in [9.17, 15) is 21.6 Å². The molecule has 1 amide bonds. The molecule has 37 heavy (non-hydrogen) atoms. The molecule has 0 aromatic heterocycles. The Balaban J connectivity index is 1.75. The van der Waals surface area contributed by atoms with Gasteiger partial charge in [0.15, 0.2) is 0 Å². The topological polar surface area (TPSA) is 122 Å². The van der Waals surface area contributed by atoms with Crippen molar-refractivity contribution >= 4 is 43.0 Å². The molecule has 0 heterocycles. The van der Waals surface area contributed by atoms with E-state index in [4.69, 9.17) is 4.74 Å². The summed E-state index contributed by atoms with van der Waals surface area (Å²) < 4.78 is 59.7. The van der Waals surface area contributed by atoms with E-state index >= 15 is 0 Å². The van der Waals surface area contributed by atoms with Crippen molar-refractivity contribution in [3.05, 3.63) is 77.9 Å². The lowest BCUT2D eigenvalue weighted by molar-refractivity contribution is -0.116. The molecule has 0 aliphatic rings. The van der Waals surface area contributed by atoms with Crippen LogP contribution < -0.4 is 19.1 Å². The molecule has 0 fully saturated rings. The third-order valence-electron chi connectivity index (χ3n) is 5.54. The van der Waals surface area contributed by atoms with Gasteiger partial charge in [0.05, 0.1) is 23.4 Å². The number of nitrogens with zero attached hydrogens (tertiary/aromatic N) is 1. The van der Waals surface area contributed by atoms with E-state index in [1.54, 1.807) is 43.3 Å². The Bertz CT molecular complexity index is 1470. The number of anilines is 3. The zero-order valence-electron chi connectivity index (χ0n) is 21.3. The first-order chi connectivity index (χ1) is 17.3. The fourth-order valence-electron chi connectivity index (χ4n) is 3.70. The Morgan fingerprint density at radius 1 is 0.919 bits per heavy atom. The van der Waals surface area contributed by atoms with Crippen LogP contribution in [-0.2, 0) is 24.8 Å². The van der Waals surface area contributed by atoms with Crippen molar-refractivity contribution in [2.75, 3.05) is 27.2 Å². The molecule has 0 radical (unpaired) electrons. The molecule has 9 nitrogen and oxygen atoms in total. The van der Waals surface area contributed by atoms with Gasteiger partial charge in [-0.15, -0.1) is 0 Å². The number of rotatable bonds is 10. The van der Waals surface area contributed by atoms with E-state index in [-0.39, 0.29) is 4.90 Å². The minimum absolute atomic E-state index is 0.000537. The maximum absolute atomic E-state index is 13.0. The van der Waals surface area contributed by atoms with E-state index < -0.39 is 32.0 Å². The Morgan fingerprint density at radius 2 is 1.51 bits per heavy atom. The summed E-state index contributed by atoms with van der Waals surface area (Å²) in [4.78, 5) is 13.0. The van der Waals surface area contributed by atoms with Crippen LogP contribution in [0, 0.1) is 13.8 Å². The molecule has 0 unspecified atom stereocenters. The van der Waals surface area contributed by atoms with Gasteiger partial charge in [-0.3, -0.25) is 13.8 Å². The molecule has 3 aromatic carbocycles. The summed E-state index contributed by atoms with van der Waals surface area (Å²) in [6.45, 7) is 7.48.